The van der Waals surface area contributed by atoms with Crippen LogP contribution in [0.4, 0.5) is 0 Å². The molecular weight excluding hydrogens is 412 g/mol. The van der Waals surface area contributed by atoms with Gasteiger partial charge in [-0.3, -0.25) is 9.80 Å². The predicted octanol–water partition coefficient (Wildman–Crippen LogP) is 4.53. The normalized spacial score (nSPS) is 16.0. The fraction of sp³-hybridized carbons (Fsp3) is 0.259. The van der Waals surface area contributed by atoms with Gasteiger partial charge in [-0.2, -0.15) is 0 Å². The van der Waals surface area contributed by atoms with Crippen molar-refractivity contribution in [3.63, 3.8) is 0 Å². The summed E-state index contributed by atoms with van der Waals surface area (Å²) >= 11 is 0. The molecule has 6 rings (SSSR count). The van der Waals surface area contributed by atoms with E-state index in [0.29, 0.717) is 5.58 Å². The van der Waals surface area contributed by atoms with Gasteiger partial charge in [0.2, 0.25) is 0 Å². The smallest absolute Gasteiger partial charge is 0.336 e. The molecule has 0 amide bonds. The molecule has 0 spiro atoms. The van der Waals surface area contributed by atoms with Gasteiger partial charge in [-0.1, -0.05) is 30.3 Å². The maximum Gasteiger partial charge on any atom is 0.336 e. The van der Waals surface area contributed by atoms with Crippen molar-refractivity contribution in [1.82, 2.24) is 19.8 Å². The molecule has 33 heavy (non-hydrogen) atoms. The molecule has 0 radical (unpaired) electrons. The number of nitrogens with zero attached hydrogens (tertiary/aromatic N) is 3. The maximum absolute atomic E-state index is 11.4. The number of H-pyrrole nitrogens is 1. The standard InChI is InChI=1S/C27H26N4O2/c32-27-9-7-22-14-19(6-8-25(22)33-27)17-30-10-3-11-31(13-12-30)18-26-28-23-15-20-4-1-2-5-21(20)16-24(23)29-26/h1-2,4-9,14-16H,3,10-13,17-18H2,(H,28,29). The van der Waals surface area contributed by atoms with Crippen LogP contribution in [0.3, 0.4) is 0 Å². The van der Waals surface area contributed by atoms with Crippen LogP contribution >= 0.6 is 0 Å². The zero-order valence-corrected chi connectivity index (χ0v) is 18.5. The van der Waals surface area contributed by atoms with Gasteiger partial charge in [0.15, 0.2) is 0 Å². The first-order chi connectivity index (χ1) is 16.2. The molecule has 0 aliphatic carbocycles. The van der Waals surface area contributed by atoms with Crippen molar-refractivity contribution in [2.75, 3.05) is 26.2 Å². The molecule has 1 N–H and O–H groups in total. The third kappa shape index (κ3) is 4.27. The minimum absolute atomic E-state index is 0.305. The lowest BCUT2D eigenvalue weighted by molar-refractivity contribution is 0.244. The lowest BCUT2D eigenvalue weighted by Gasteiger charge is -2.21. The molecule has 0 bridgehead atoms. The number of aromatic nitrogens is 2. The Labute approximate surface area is 191 Å². The Kier molecular flexibility index (Phi) is 5.17. The second kappa shape index (κ2) is 8.46. The average Bonchev–Trinajstić information content (AvgIpc) is 3.07. The van der Waals surface area contributed by atoms with Crippen molar-refractivity contribution in [3.05, 3.63) is 88.5 Å². The van der Waals surface area contributed by atoms with E-state index in [-0.39, 0.29) is 5.63 Å². The molecule has 3 heterocycles. The van der Waals surface area contributed by atoms with Crippen molar-refractivity contribution in [3.8, 4) is 0 Å². The highest BCUT2D eigenvalue weighted by atomic mass is 16.4. The zero-order chi connectivity index (χ0) is 22.2. The first kappa shape index (κ1) is 20.1. The SMILES string of the molecule is O=c1ccc2cc(CN3CCCN(Cc4nc5cc6ccccc6cc5[nH]4)CC3)ccc2o1. The molecule has 5 aromatic rings. The summed E-state index contributed by atoms with van der Waals surface area (Å²) in [6, 6.07) is 22.2. The van der Waals surface area contributed by atoms with Gasteiger partial charge in [-0.25, -0.2) is 9.78 Å². The third-order valence-electron chi connectivity index (χ3n) is 6.54. The highest BCUT2D eigenvalue weighted by Crippen LogP contribution is 2.22. The van der Waals surface area contributed by atoms with E-state index in [0.717, 1.165) is 67.9 Å². The van der Waals surface area contributed by atoms with Gasteiger partial charge in [-0.15, -0.1) is 0 Å². The van der Waals surface area contributed by atoms with E-state index in [2.05, 4.69) is 63.3 Å². The summed E-state index contributed by atoms with van der Waals surface area (Å²) in [6.45, 7) is 5.92. The van der Waals surface area contributed by atoms with Gasteiger partial charge in [-0.05, 0) is 66.2 Å². The van der Waals surface area contributed by atoms with Gasteiger partial charge >= 0.3 is 5.63 Å². The van der Waals surface area contributed by atoms with Gasteiger partial charge in [0.1, 0.15) is 11.4 Å². The topological polar surface area (TPSA) is 65.4 Å². The zero-order valence-electron chi connectivity index (χ0n) is 18.5. The summed E-state index contributed by atoms with van der Waals surface area (Å²) in [7, 11) is 0. The van der Waals surface area contributed by atoms with E-state index in [9.17, 15) is 4.79 Å². The Morgan fingerprint density at radius 3 is 2.45 bits per heavy atom. The second-order valence-electron chi connectivity index (χ2n) is 8.93. The Balaban J connectivity index is 1.12. The maximum atomic E-state index is 11.4. The van der Waals surface area contributed by atoms with Crippen LogP contribution in [0.25, 0.3) is 32.8 Å². The fourth-order valence-corrected chi connectivity index (χ4v) is 4.85. The quantitative estimate of drug-likeness (QED) is 0.418. The van der Waals surface area contributed by atoms with Crippen LogP contribution in [-0.4, -0.2) is 45.9 Å². The van der Waals surface area contributed by atoms with Gasteiger partial charge in [0.25, 0.3) is 0 Å². The molecule has 1 fully saturated rings. The van der Waals surface area contributed by atoms with E-state index in [1.165, 1.54) is 22.4 Å². The molecule has 0 saturated carbocycles. The summed E-state index contributed by atoms with van der Waals surface area (Å²) in [5.74, 6) is 1.03. The number of rotatable bonds is 4. The number of imidazole rings is 1. The largest absolute Gasteiger partial charge is 0.423 e. The minimum Gasteiger partial charge on any atom is -0.423 e. The van der Waals surface area contributed by atoms with Gasteiger partial charge in [0.05, 0.1) is 17.6 Å². The monoisotopic (exact) mass is 438 g/mol. The lowest BCUT2D eigenvalue weighted by Crippen LogP contribution is -2.30. The molecule has 3 aromatic carbocycles. The number of hydrogen-bond donors (Lipinski definition) is 1. The van der Waals surface area contributed by atoms with Crippen LogP contribution in [0, 0.1) is 0 Å². The summed E-state index contributed by atoms with van der Waals surface area (Å²) < 4.78 is 5.26. The van der Waals surface area contributed by atoms with Crippen molar-refractivity contribution < 1.29 is 4.42 Å². The highest BCUT2D eigenvalue weighted by molar-refractivity contribution is 5.95. The number of benzene rings is 3. The van der Waals surface area contributed by atoms with Crippen LogP contribution in [0.2, 0.25) is 0 Å². The molecule has 2 aromatic heterocycles. The van der Waals surface area contributed by atoms with Crippen LogP contribution in [-0.2, 0) is 13.1 Å². The van der Waals surface area contributed by atoms with Crippen molar-refractivity contribution in [2.24, 2.45) is 0 Å². The van der Waals surface area contributed by atoms with Crippen LogP contribution in [0.15, 0.2) is 75.9 Å². The lowest BCUT2D eigenvalue weighted by atomic mass is 10.1. The second-order valence-corrected chi connectivity index (χ2v) is 8.93. The number of nitrogens with one attached hydrogen (secondary N) is 1. The molecule has 6 nitrogen and oxygen atoms in total. The first-order valence-electron chi connectivity index (χ1n) is 11.5. The predicted molar refractivity (Wildman–Crippen MR) is 131 cm³/mol. The Morgan fingerprint density at radius 2 is 1.61 bits per heavy atom. The molecule has 0 unspecified atom stereocenters. The summed E-state index contributed by atoms with van der Waals surface area (Å²) in [4.78, 5) is 24.8. The van der Waals surface area contributed by atoms with E-state index in [1.54, 1.807) is 0 Å². The van der Waals surface area contributed by atoms with Crippen LogP contribution in [0.5, 0.6) is 0 Å². The Hall–Kier alpha value is -3.48. The van der Waals surface area contributed by atoms with Gasteiger partial charge in [0, 0.05) is 31.1 Å². The Morgan fingerprint density at radius 1 is 0.818 bits per heavy atom. The number of fused-ring (bicyclic) bond motifs is 3. The number of aromatic amines is 1. The van der Waals surface area contributed by atoms with E-state index in [4.69, 9.17) is 9.40 Å². The van der Waals surface area contributed by atoms with Crippen LogP contribution < -0.4 is 5.63 Å². The summed E-state index contributed by atoms with van der Waals surface area (Å²) in [6.07, 6.45) is 1.13. The molecule has 1 aliphatic rings. The fourth-order valence-electron chi connectivity index (χ4n) is 4.85. The molecular formula is C27H26N4O2. The van der Waals surface area contributed by atoms with Crippen molar-refractivity contribution >= 4 is 32.8 Å². The van der Waals surface area contributed by atoms with Gasteiger partial charge < -0.3 is 9.40 Å². The molecule has 0 atom stereocenters. The Bertz CT molecular complexity index is 1450. The van der Waals surface area contributed by atoms with E-state index >= 15 is 0 Å². The minimum atomic E-state index is -0.305. The van der Waals surface area contributed by atoms with E-state index in [1.807, 2.05) is 12.1 Å². The molecule has 1 saturated heterocycles. The first-order valence-corrected chi connectivity index (χ1v) is 11.5. The van der Waals surface area contributed by atoms with Crippen molar-refractivity contribution in [1.29, 1.82) is 0 Å². The third-order valence-corrected chi connectivity index (χ3v) is 6.54. The molecule has 166 valence electrons. The summed E-state index contributed by atoms with van der Waals surface area (Å²) in [5, 5.41) is 3.44. The van der Waals surface area contributed by atoms with Crippen molar-refractivity contribution in [2.45, 2.75) is 19.5 Å². The van der Waals surface area contributed by atoms with E-state index < -0.39 is 0 Å². The average molecular weight is 439 g/mol. The highest BCUT2D eigenvalue weighted by Gasteiger charge is 2.17. The van der Waals surface area contributed by atoms with Crippen LogP contribution in [0.1, 0.15) is 17.8 Å². The summed E-state index contributed by atoms with van der Waals surface area (Å²) in [5.41, 5.74) is 3.72. The number of hydrogen-bond acceptors (Lipinski definition) is 5. The molecule has 6 heteroatoms. The molecule has 1 aliphatic heterocycles.